The van der Waals surface area contributed by atoms with Gasteiger partial charge in [-0.15, -0.1) is 0 Å². The molecule has 0 aliphatic heterocycles. The summed E-state index contributed by atoms with van der Waals surface area (Å²) in [5.74, 6) is 0.655. The van der Waals surface area contributed by atoms with Crippen LogP contribution in [-0.2, 0) is 6.42 Å². The van der Waals surface area contributed by atoms with Crippen molar-refractivity contribution in [2.45, 2.75) is 38.1 Å². The summed E-state index contributed by atoms with van der Waals surface area (Å²) in [6, 6.07) is 9.05. The summed E-state index contributed by atoms with van der Waals surface area (Å²) in [4.78, 5) is 0. The van der Waals surface area contributed by atoms with Gasteiger partial charge in [-0.3, -0.25) is 0 Å². The van der Waals surface area contributed by atoms with Gasteiger partial charge in [-0.1, -0.05) is 31.2 Å². The maximum absolute atomic E-state index is 4.24. The molecule has 1 aliphatic carbocycles. The lowest BCUT2D eigenvalue weighted by Gasteiger charge is -2.32. The molecule has 4 heteroatoms. The number of nitrogens with one attached hydrogen (secondary N) is 2. The average molecular weight is 256 g/mol. The highest BCUT2D eigenvalue weighted by atomic mass is 15.3. The molecule has 0 amide bonds. The average Bonchev–Trinajstić information content (AvgIpc) is 2.93. The van der Waals surface area contributed by atoms with Gasteiger partial charge >= 0.3 is 0 Å². The number of fused-ring (bicyclic) bond motifs is 1. The molecule has 100 valence electrons. The third-order valence-corrected chi connectivity index (χ3v) is 3.91. The smallest absolute Gasteiger partial charge is 0.0994 e. The van der Waals surface area contributed by atoms with Crippen LogP contribution in [-0.4, -0.2) is 22.0 Å². The van der Waals surface area contributed by atoms with Crippen LogP contribution >= 0.6 is 0 Å². The lowest BCUT2D eigenvalue weighted by Crippen LogP contribution is -2.28. The van der Waals surface area contributed by atoms with Crippen LogP contribution in [0.15, 0.2) is 30.5 Å². The van der Waals surface area contributed by atoms with Crippen molar-refractivity contribution in [3.8, 4) is 0 Å². The summed E-state index contributed by atoms with van der Waals surface area (Å²) >= 11 is 0. The number of hydrogen-bond donors (Lipinski definition) is 2. The first-order valence-corrected chi connectivity index (χ1v) is 7.05. The minimum absolute atomic E-state index is 0.303. The minimum atomic E-state index is 0.303. The van der Waals surface area contributed by atoms with Gasteiger partial charge in [-0.05, 0) is 42.9 Å². The van der Waals surface area contributed by atoms with Crippen molar-refractivity contribution in [3.05, 3.63) is 47.3 Å². The van der Waals surface area contributed by atoms with E-state index in [2.05, 4.69) is 51.9 Å². The summed E-state index contributed by atoms with van der Waals surface area (Å²) in [5, 5.41) is 14.5. The summed E-state index contributed by atoms with van der Waals surface area (Å²) in [7, 11) is 0. The zero-order chi connectivity index (χ0) is 13.1. The van der Waals surface area contributed by atoms with E-state index >= 15 is 0 Å². The Morgan fingerprint density at radius 3 is 3.05 bits per heavy atom. The van der Waals surface area contributed by atoms with E-state index in [1.807, 2.05) is 6.20 Å². The van der Waals surface area contributed by atoms with Crippen LogP contribution in [0.3, 0.4) is 0 Å². The summed E-state index contributed by atoms with van der Waals surface area (Å²) in [6.45, 7) is 3.21. The predicted octanol–water partition coefficient (Wildman–Crippen LogP) is 2.58. The Hall–Kier alpha value is -1.68. The number of rotatable bonds is 6. The van der Waals surface area contributed by atoms with Crippen molar-refractivity contribution in [1.29, 1.82) is 0 Å². The fraction of sp³-hybridized carbons (Fsp3) is 0.467. The van der Waals surface area contributed by atoms with Crippen molar-refractivity contribution < 1.29 is 0 Å². The van der Waals surface area contributed by atoms with E-state index < -0.39 is 0 Å². The molecule has 1 aliphatic rings. The second kappa shape index (κ2) is 5.53. The fourth-order valence-electron chi connectivity index (χ4n) is 2.86. The van der Waals surface area contributed by atoms with Crippen LogP contribution in [0.4, 0.5) is 0 Å². The molecule has 3 rings (SSSR count). The SMILES string of the molecule is CCCNC(CC1Cc2ccccc21)c1cn[nH]n1. The summed E-state index contributed by atoms with van der Waals surface area (Å²) in [6.07, 6.45) is 5.26. The topological polar surface area (TPSA) is 53.6 Å². The maximum atomic E-state index is 4.24. The molecule has 0 fully saturated rings. The zero-order valence-electron chi connectivity index (χ0n) is 11.3. The molecule has 4 nitrogen and oxygen atoms in total. The lowest BCUT2D eigenvalue weighted by molar-refractivity contribution is 0.421. The molecule has 0 spiro atoms. The van der Waals surface area contributed by atoms with Gasteiger partial charge in [0.1, 0.15) is 0 Å². The Morgan fingerprint density at radius 2 is 2.32 bits per heavy atom. The van der Waals surface area contributed by atoms with Crippen molar-refractivity contribution in [2.24, 2.45) is 0 Å². The molecular weight excluding hydrogens is 236 g/mol. The number of benzene rings is 1. The lowest BCUT2D eigenvalue weighted by atomic mass is 9.74. The Labute approximate surface area is 113 Å². The Bertz CT molecular complexity index is 521. The van der Waals surface area contributed by atoms with Gasteiger partial charge in [0.2, 0.25) is 0 Å². The molecule has 2 atom stereocenters. The predicted molar refractivity (Wildman–Crippen MR) is 74.9 cm³/mol. The highest BCUT2D eigenvalue weighted by Gasteiger charge is 2.29. The maximum Gasteiger partial charge on any atom is 0.0994 e. The van der Waals surface area contributed by atoms with Crippen LogP contribution in [0.2, 0.25) is 0 Å². The first kappa shape index (κ1) is 12.4. The summed E-state index contributed by atoms with van der Waals surface area (Å²) < 4.78 is 0. The van der Waals surface area contributed by atoms with Crippen LogP contribution < -0.4 is 5.32 Å². The van der Waals surface area contributed by atoms with E-state index in [-0.39, 0.29) is 0 Å². The molecule has 2 N–H and O–H groups in total. The van der Waals surface area contributed by atoms with Gasteiger partial charge in [0.25, 0.3) is 0 Å². The molecule has 1 heterocycles. The van der Waals surface area contributed by atoms with Crippen molar-refractivity contribution in [3.63, 3.8) is 0 Å². The number of nitrogens with zero attached hydrogens (tertiary/aromatic N) is 2. The number of aromatic nitrogens is 3. The molecule has 2 aromatic rings. The van der Waals surface area contributed by atoms with Crippen molar-refractivity contribution >= 4 is 0 Å². The quantitative estimate of drug-likeness (QED) is 0.835. The molecule has 1 aromatic carbocycles. The van der Waals surface area contributed by atoms with E-state index in [0.29, 0.717) is 12.0 Å². The zero-order valence-corrected chi connectivity index (χ0v) is 11.3. The molecule has 19 heavy (non-hydrogen) atoms. The Morgan fingerprint density at radius 1 is 1.42 bits per heavy atom. The highest BCUT2D eigenvalue weighted by molar-refractivity contribution is 5.40. The van der Waals surface area contributed by atoms with E-state index in [1.165, 1.54) is 17.5 Å². The van der Waals surface area contributed by atoms with Gasteiger partial charge in [0.05, 0.1) is 17.9 Å². The molecule has 2 unspecified atom stereocenters. The summed E-state index contributed by atoms with van der Waals surface area (Å²) in [5.41, 5.74) is 4.04. The monoisotopic (exact) mass is 256 g/mol. The minimum Gasteiger partial charge on any atom is -0.309 e. The molecular formula is C15H20N4. The van der Waals surface area contributed by atoms with E-state index in [1.54, 1.807) is 0 Å². The standard InChI is InChI=1S/C15H20N4/c1-2-7-16-14(15-10-17-19-18-15)9-12-8-11-5-3-4-6-13(11)12/h3-6,10,12,14,16H,2,7-9H2,1H3,(H,17,18,19). The van der Waals surface area contributed by atoms with E-state index in [9.17, 15) is 0 Å². The number of aromatic amines is 1. The fourth-order valence-corrected chi connectivity index (χ4v) is 2.86. The van der Waals surface area contributed by atoms with Gasteiger partial charge in [-0.2, -0.15) is 15.4 Å². The Kier molecular flexibility index (Phi) is 3.60. The molecule has 0 bridgehead atoms. The van der Waals surface area contributed by atoms with Crippen LogP contribution in [0.1, 0.15) is 48.5 Å². The second-order valence-electron chi connectivity index (χ2n) is 5.24. The van der Waals surface area contributed by atoms with Crippen molar-refractivity contribution in [2.75, 3.05) is 6.54 Å². The third-order valence-electron chi connectivity index (χ3n) is 3.91. The molecule has 0 radical (unpaired) electrons. The van der Waals surface area contributed by atoms with E-state index in [0.717, 1.165) is 25.1 Å². The van der Waals surface area contributed by atoms with Crippen LogP contribution in [0.5, 0.6) is 0 Å². The molecule has 1 aromatic heterocycles. The van der Waals surface area contributed by atoms with E-state index in [4.69, 9.17) is 0 Å². The third kappa shape index (κ3) is 2.54. The number of H-pyrrole nitrogens is 1. The first-order valence-electron chi connectivity index (χ1n) is 7.05. The van der Waals surface area contributed by atoms with Crippen LogP contribution in [0.25, 0.3) is 0 Å². The van der Waals surface area contributed by atoms with Gasteiger partial charge in [0.15, 0.2) is 0 Å². The van der Waals surface area contributed by atoms with Gasteiger partial charge in [-0.25, -0.2) is 0 Å². The second-order valence-corrected chi connectivity index (χ2v) is 5.24. The first-order chi connectivity index (χ1) is 9.38. The van der Waals surface area contributed by atoms with Crippen LogP contribution in [0, 0.1) is 0 Å². The molecule has 0 saturated heterocycles. The number of hydrogen-bond acceptors (Lipinski definition) is 3. The Balaban J connectivity index is 1.69. The largest absolute Gasteiger partial charge is 0.309 e. The van der Waals surface area contributed by atoms with Gasteiger partial charge < -0.3 is 5.32 Å². The normalized spacial score (nSPS) is 18.7. The van der Waals surface area contributed by atoms with Gasteiger partial charge in [0, 0.05) is 0 Å². The highest BCUT2D eigenvalue weighted by Crippen LogP contribution is 2.40. The van der Waals surface area contributed by atoms with Crippen molar-refractivity contribution in [1.82, 2.24) is 20.7 Å². The molecule has 0 saturated carbocycles.